The quantitative estimate of drug-likeness (QED) is 0.675. The minimum atomic E-state index is -0.613. The fourth-order valence-electron chi connectivity index (χ4n) is 2.65. The molecule has 1 aliphatic rings. The Morgan fingerprint density at radius 3 is 2.76 bits per heavy atom. The van der Waals surface area contributed by atoms with Gasteiger partial charge in [-0.2, -0.15) is 0 Å². The van der Waals surface area contributed by atoms with Crippen LogP contribution >= 0.6 is 0 Å². The Kier molecular flexibility index (Phi) is 3.61. The summed E-state index contributed by atoms with van der Waals surface area (Å²) >= 11 is 0. The van der Waals surface area contributed by atoms with Crippen LogP contribution in [0.5, 0.6) is 5.75 Å². The molecule has 0 radical (unpaired) electrons. The number of rotatable bonds is 3. The zero-order valence-electron chi connectivity index (χ0n) is 11.6. The van der Waals surface area contributed by atoms with Gasteiger partial charge >= 0.3 is 0 Å². The van der Waals surface area contributed by atoms with E-state index in [1.165, 1.54) is 6.07 Å². The van der Waals surface area contributed by atoms with E-state index < -0.39 is 17.7 Å². The van der Waals surface area contributed by atoms with Gasteiger partial charge in [0.1, 0.15) is 17.4 Å². The summed E-state index contributed by atoms with van der Waals surface area (Å²) in [5.41, 5.74) is 5.23. The van der Waals surface area contributed by atoms with Crippen LogP contribution in [0.1, 0.15) is 28.3 Å². The highest BCUT2D eigenvalue weighted by molar-refractivity contribution is 5.44. The molecule has 1 aliphatic heterocycles. The number of hydrogen-bond acceptors (Lipinski definition) is 3. The van der Waals surface area contributed by atoms with Crippen molar-refractivity contribution in [3.05, 3.63) is 64.2 Å². The summed E-state index contributed by atoms with van der Waals surface area (Å²) in [6.45, 7) is 2.26. The van der Waals surface area contributed by atoms with Crippen molar-refractivity contribution in [3.8, 4) is 5.75 Å². The maximum Gasteiger partial charge on any atom is 0.131 e. The van der Waals surface area contributed by atoms with E-state index in [4.69, 9.17) is 10.6 Å². The predicted molar refractivity (Wildman–Crippen MR) is 75.9 cm³/mol. The Morgan fingerprint density at radius 2 is 2.00 bits per heavy atom. The first-order valence-corrected chi connectivity index (χ1v) is 6.77. The maximum absolute atomic E-state index is 14.1. The van der Waals surface area contributed by atoms with Crippen LogP contribution in [0.3, 0.4) is 0 Å². The Bertz CT molecular complexity index is 688. The van der Waals surface area contributed by atoms with Gasteiger partial charge in [0.2, 0.25) is 0 Å². The van der Waals surface area contributed by atoms with Gasteiger partial charge in [-0.1, -0.05) is 12.1 Å². The minimum Gasteiger partial charge on any atom is -0.493 e. The molecule has 0 saturated carbocycles. The predicted octanol–water partition coefficient (Wildman–Crippen LogP) is 2.76. The number of nitrogens with two attached hydrogens (primary N) is 1. The highest BCUT2D eigenvalue weighted by Gasteiger charge is 2.21. The molecule has 21 heavy (non-hydrogen) atoms. The first-order valence-electron chi connectivity index (χ1n) is 6.77. The van der Waals surface area contributed by atoms with Crippen molar-refractivity contribution in [1.82, 2.24) is 5.43 Å². The van der Waals surface area contributed by atoms with Crippen molar-refractivity contribution in [1.29, 1.82) is 0 Å². The molecular weight excluding hydrogens is 274 g/mol. The summed E-state index contributed by atoms with van der Waals surface area (Å²) in [6.07, 6.45) is 0.825. The van der Waals surface area contributed by atoms with Gasteiger partial charge in [-0.25, -0.2) is 14.2 Å². The summed E-state index contributed by atoms with van der Waals surface area (Å²) in [6, 6.07) is 7.49. The molecule has 5 heteroatoms. The molecule has 0 fully saturated rings. The monoisotopic (exact) mass is 290 g/mol. The number of ether oxygens (including phenoxy) is 1. The SMILES string of the molecule is Cc1cc(C(NN)c2ccc3c(c2)CCO3)c(F)cc1F. The molecule has 0 saturated heterocycles. The number of hydrogen-bond donors (Lipinski definition) is 2. The van der Waals surface area contributed by atoms with E-state index in [0.717, 1.165) is 29.4 Å². The van der Waals surface area contributed by atoms with E-state index in [-0.39, 0.29) is 0 Å². The van der Waals surface area contributed by atoms with Crippen LogP contribution in [0, 0.1) is 18.6 Å². The molecule has 2 aromatic carbocycles. The van der Waals surface area contributed by atoms with E-state index in [1.54, 1.807) is 6.92 Å². The molecule has 1 unspecified atom stereocenters. The molecule has 3 nitrogen and oxygen atoms in total. The van der Waals surface area contributed by atoms with Crippen molar-refractivity contribution >= 4 is 0 Å². The Balaban J connectivity index is 2.04. The lowest BCUT2D eigenvalue weighted by atomic mass is 9.95. The zero-order chi connectivity index (χ0) is 15.0. The molecule has 0 amide bonds. The van der Waals surface area contributed by atoms with Crippen molar-refractivity contribution in [2.24, 2.45) is 5.84 Å². The fraction of sp³-hybridized carbons (Fsp3) is 0.250. The lowest BCUT2D eigenvalue weighted by Gasteiger charge is -2.19. The lowest BCUT2D eigenvalue weighted by Crippen LogP contribution is -2.29. The van der Waals surface area contributed by atoms with Gasteiger partial charge in [-0.05, 0) is 35.7 Å². The number of aryl methyl sites for hydroxylation is 1. The Hall–Kier alpha value is -1.98. The van der Waals surface area contributed by atoms with Crippen LogP contribution in [0.25, 0.3) is 0 Å². The van der Waals surface area contributed by atoms with E-state index >= 15 is 0 Å². The molecule has 110 valence electrons. The lowest BCUT2D eigenvalue weighted by molar-refractivity contribution is 0.357. The highest BCUT2D eigenvalue weighted by atomic mass is 19.1. The van der Waals surface area contributed by atoms with Crippen LogP contribution in [-0.2, 0) is 6.42 Å². The maximum atomic E-state index is 14.1. The minimum absolute atomic E-state index is 0.329. The molecule has 3 N–H and O–H groups in total. The Labute approximate surface area is 121 Å². The normalized spacial score (nSPS) is 14.7. The number of fused-ring (bicyclic) bond motifs is 1. The molecule has 0 aliphatic carbocycles. The van der Waals surface area contributed by atoms with Gasteiger partial charge in [-0.15, -0.1) is 0 Å². The van der Waals surface area contributed by atoms with Crippen molar-refractivity contribution in [2.45, 2.75) is 19.4 Å². The summed E-state index contributed by atoms with van der Waals surface area (Å²) in [4.78, 5) is 0. The van der Waals surface area contributed by atoms with Gasteiger partial charge in [0.25, 0.3) is 0 Å². The van der Waals surface area contributed by atoms with E-state index in [9.17, 15) is 8.78 Å². The van der Waals surface area contributed by atoms with Gasteiger partial charge in [0.15, 0.2) is 0 Å². The standard InChI is InChI=1S/C16H16F2N2O/c1-9-6-12(14(18)8-13(9)17)16(20-19)11-2-3-15-10(7-11)4-5-21-15/h2-3,6-8,16,20H,4-5,19H2,1H3. The summed E-state index contributed by atoms with van der Waals surface area (Å²) < 4.78 is 32.9. The van der Waals surface area contributed by atoms with Gasteiger partial charge in [0.05, 0.1) is 12.6 Å². The number of nitrogens with one attached hydrogen (secondary N) is 1. The topological polar surface area (TPSA) is 47.3 Å². The van der Waals surface area contributed by atoms with E-state index in [1.807, 2.05) is 18.2 Å². The highest BCUT2D eigenvalue weighted by Crippen LogP contribution is 2.31. The van der Waals surface area contributed by atoms with Crippen molar-refractivity contribution in [3.63, 3.8) is 0 Å². The third-order valence-electron chi connectivity index (χ3n) is 3.80. The van der Waals surface area contributed by atoms with Gasteiger partial charge in [-0.3, -0.25) is 5.84 Å². The van der Waals surface area contributed by atoms with Crippen molar-refractivity contribution in [2.75, 3.05) is 6.61 Å². The second-order valence-corrected chi connectivity index (χ2v) is 5.19. The molecule has 0 aromatic heterocycles. The molecule has 2 aromatic rings. The zero-order valence-corrected chi connectivity index (χ0v) is 11.6. The second kappa shape index (κ2) is 5.42. The third-order valence-corrected chi connectivity index (χ3v) is 3.80. The van der Waals surface area contributed by atoms with Crippen LogP contribution in [0.15, 0.2) is 30.3 Å². The third kappa shape index (κ3) is 2.50. The largest absolute Gasteiger partial charge is 0.493 e. The summed E-state index contributed by atoms with van der Waals surface area (Å²) in [5.74, 6) is 5.28. The summed E-state index contributed by atoms with van der Waals surface area (Å²) in [7, 11) is 0. The molecule has 1 heterocycles. The van der Waals surface area contributed by atoms with Crippen LogP contribution < -0.4 is 16.0 Å². The van der Waals surface area contributed by atoms with Gasteiger partial charge in [0, 0.05) is 18.1 Å². The number of benzene rings is 2. The number of hydrazine groups is 1. The van der Waals surface area contributed by atoms with Crippen molar-refractivity contribution < 1.29 is 13.5 Å². The molecule has 3 rings (SSSR count). The Morgan fingerprint density at radius 1 is 1.19 bits per heavy atom. The molecule has 0 bridgehead atoms. The van der Waals surface area contributed by atoms with Crippen LogP contribution in [-0.4, -0.2) is 6.61 Å². The first kappa shape index (κ1) is 14.0. The van der Waals surface area contributed by atoms with E-state index in [2.05, 4.69) is 5.43 Å². The molecular formula is C16H16F2N2O. The van der Waals surface area contributed by atoms with Crippen LogP contribution in [0.4, 0.5) is 8.78 Å². The van der Waals surface area contributed by atoms with Gasteiger partial charge < -0.3 is 4.74 Å². The fourth-order valence-corrected chi connectivity index (χ4v) is 2.65. The smallest absolute Gasteiger partial charge is 0.131 e. The second-order valence-electron chi connectivity index (χ2n) is 5.19. The average molecular weight is 290 g/mol. The molecule has 1 atom stereocenters. The van der Waals surface area contributed by atoms with Crippen LogP contribution in [0.2, 0.25) is 0 Å². The average Bonchev–Trinajstić information content (AvgIpc) is 2.92. The molecule has 0 spiro atoms. The first-order chi connectivity index (χ1) is 10.1. The number of halogens is 2. The summed E-state index contributed by atoms with van der Waals surface area (Å²) in [5, 5.41) is 0. The van der Waals surface area contributed by atoms with E-state index in [0.29, 0.717) is 17.7 Å².